The standard InChI is InChI=1S/C15H18N2O2/c18-10-12-2-1-7-17-14(12)9-16-15(17)8-11-3-5-13(19)6-4-11/h3-6,9,12,18-19H,1-2,7-8,10H2. The third-order valence-corrected chi connectivity index (χ3v) is 3.84. The molecule has 2 heterocycles. The van der Waals surface area contributed by atoms with Crippen molar-refractivity contribution in [1.82, 2.24) is 9.55 Å². The minimum Gasteiger partial charge on any atom is -0.508 e. The van der Waals surface area contributed by atoms with Gasteiger partial charge in [-0.05, 0) is 30.5 Å². The Morgan fingerprint density at radius 2 is 2.05 bits per heavy atom. The Balaban J connectivity index is 1.86. The molecule has 1 unspecified atom stereocenters. The van der Waals surface area contributed by atoms with Crippen LogP contribution in [0.3, 0.4) is 0 Å². The first-order chi connectivity index (χ1) is 9.28. The molecule has 1 aromatic heterocycles. The smallest absolute Gasteiger partial charge is 0.115 e. The number of phenols is 1. The summed E-state index contributed by atoms with van der Waals surface area (Å²) in [6, 6.07) is 7.24. The molecule has 1 aromatic carbocycles. The summed E-state index contributed by atoms with van der Waals surface area (Å²) < 4.78 is 2.23. The van der Waals surface area contributed by atoms with Crippen molar-refractivity contribution < 1.29 is 10.2 Å². The number of nitrogens with zero attached hydrogens (tertiary/aromatic N) is 2. The van der Waals surface area contributed by atoms with Crippen LogP contribution < -0.4 is 0 Å². The molecular formula is C15H18N2O2. The Bertz CT molecular complexity index is 560. The van der Waals surface area contributed by atoms with Crippen LogP contribution in [0, 0.1) is 0 Å². The molecule has 0 radical (unpaired) electrons. The minimum atomic E-state index is 0.199. The average Bonchev–Trinajstić information content (AvgIpc) is 2.84. The molecule has 0 fully saturated rings. The third kappa shape index (κ3) is 2.36. The Hall–Kier alpha value is -1.81. The molecule has 100 valence electrons. The summed E-state index contributed by atoms with van der Waals surface area (Å²) in [4.78, 5) is 4.50. The lowest BCUT2D eigenvalue weighted by Crippen LogP contribution is -2.19. The summed E-state index contributed by atoms with van der Waals surface area (Å²) in [5.74, 6) is 1.56. The van der Waals surface area contributed by atoms with Crippen LogP contribution in [0.15, 0.2) is 30.5 Å². The van der Waals surface area contributed by atoms with E-state index in [-0.39, 0.29) is 18.3 Å². The van der Waals surface area contributed by atoms with Crippen LogP contribution in [0.5, 0.6) is 5.75 Å². The SMILES string of the molecule is OCC1CCCn2c1cnc2Cc1ccc(O)cc1. The normalized spacial score (nSPS) is 18.3. The number of rotatable bonds is 3. The highest BCUT2D eigenvalue weighted by molar-refractivity contribution is 5.28. The van der Waals surface area contributed by atoms with Gasteiger partial charge in [-0.15, -0.1) is 0 Å². The molecule has 2 N–H and O–H groups in total. The van der Waals surface area contributed by atoms with Gasteiger partial charge < -0.3 is 14.8 Å². The first kappa shape index (κ1) is 12.2. The predicted molar refractivity (Wildman–Crippen MR) is 72.2 cm³/mol. The van der Waals surface area contributed by atoms with Crippen molar-refractivity contribution in [3.05, 3.63) is 47.5 Å². The molecule has 0 spiro atoms. The maximum absolute atomic E-state index is 9.40. The van der Waals surface area contributed by atoms with Crippen molar-refractivity contribution in [2.24, 2.45) is 0 Å². The predicted octanol–water partition coefficient (Wildman–Crippen LogP) is 2.05. The fraction of sp³-hybridized carbons (Fsp3) is 0.400. The Labute approximate surface area is 112 Å². The highest BCUT2D eigenvalue weighted by Gasteiger charge is 2.22. The second kappa shape index (κ2) is 5.05. The second-order valence-corrected chi connectivity index (χ2v) is 5.12. The fourth-order valence-corrected chi connectivity index (χ4v) is 2.78. The van der Waals surface area contributed by atoms with Gasteiger partial charge in [0.25, 0.3) is 0 Å². The Morgan fingerprint density at radius 3 is 2.79 bits per heavy atom. The first-order valence-corrected chi connectivity index (χ1v) is 6.71. The molecule has 4 nitrogen and oxygen atoms in total. The van der Waals surface area contributed by atoms with Crippen molar-refractivity contribution in [2.45, 2.75) is 31.7 Å². The molecule has 0 saturated carbocycles. The second-order valence-electron chi connectivity index (χ2n) is 5.12. The van der Waals surface area contributed by atoms with Gasteiger partial charge in [0.15, 0.2) is 0 Å². The van der Waals surface area contributed by atoms with Gasteiger partial charge in [0.2, 0.25) is 0 Å². The quantitative estimate of drug-likeness (QED) is 0.886. The number of aliphatic hydroxyl groups excluding tert-OH is 1. The molecule has 0 aliphatic carbocycles. The van der Waals surface area contributed by atoms with Crippen LogP contribution in [0.4, 0.5) is 0 Å². The highest BCUT2D eigenvalue weighted by atomic mass is 16.3. The van der Waals surface area contributed by atoms with Crippen LogP contribution in [-0.4, -0.2) is 26.4 Å². The van der Waals surface area contributed by atoms with Crippen LogP contribution in [0.1, 0.15) is 35.8 Å². The highest BCUT2D eigenvalue weighted by Crippen LogP contribution is 2.28. The summed E-state index contributed by atoms with van der Waals surface area (Å²) in [6.45, 7) is 1.18. The van der Waals surface area contributed by atoms with Crippen LogP contribution in [0.25, 0.3) is 0 Å². The van der Waals surface area contributed by atoms with Gasteiger partial charge in [-0.3, -0.25) is 0 Å². The van der Waals surface area contributed by atoms with E-state index >= 15 is 0 Å². The van der Waals surface area contributed by atoms with Crippen molar-refractivity contribution >= 4 is 0 Å². The molecule has 4 heteroatoms. The summed E-state index contributed by atoms with van der Waals surface area (Å²) in [6.07, 6.45) is 4.80. The Kier molecular flexibility index (Phi) is 3.25. The van der Waals surface area contributed by atoms with Gasteiger partial charge in [-0.1, -0.05) is 12.1 Å². The van der Waals surface area contributed by atoms with Gasteiger partial charge in [0.05, 0.1) is 6.61 Å². The van der Waals surface area contributed by atoms with E-state index in [1.165, 1.54) is 0 Å². The zero-order valence-corrected chi connectivity index (χ0v) is 10.8. The lowest BCUT2D eigenvalue weighted by molar-refractivity contribution is 0.240. The summed E-state index contributed by atoms with van der Waals surface area (Å²) in [5.41, 5.74) is 2.29. The van der Waals surface area contributed by atoms with E-state index in [0.717, 1.165) is 42.9 Å². The van der Waals surface area contributed by atoms with Gasteiger partial charge in [-0.2, -0.15) is 0 Å². The zero-order chi connectivity index (χ0) is 13.2. The van der Waals surface area contributed by atoms with Gasteiger partial charge in [-0.25, -0.2) is 4.98 Å². The number of aromatic nitrogens is 2. The van der Waals surface area contributed by atoms with E-state index < -0.39 is 0 Å². The zero-order valence-electron chi connectivity index (χ0n) is 10.8. The molecule has 1 aliphatic heterocycles. The van der Waals surface area contributed by atoms with Gasteiger partial charge in [0.1, 0.15) is 11.6 Å². The molecule has 3 rings (SSSR count). The average molecular weight is 258 g/mol. The molecule has 19 heavy (non-hydrogen) atoms. The number of imidazole rings is 1. The lowest BCUT2D eigenvalue weighted by Gasteiger charge is -2.23. The van der Waals surface area contributed by atoms with Crippen molar-refractivity contribution in [3.8, 4) is 5.75 Å². The summed E-state index contributed by atoms with van der Waals surface area (Å²) in [5, 5.41) is 18.7. The number of aliphatic hydroxyl groups is 1. The van der Waals surface area contributed by atoms with Crippen LogP contribution >= 0.6 is 0 Å². The number of benzene rings is 1. The van der Waals surface area contributed by atoms with E-state index in [2.05, 4.69) is 9.55 Å². The van der Waals surface area contributed by atoms with Crippen molar-refractivity contribution in [3.63, 3.8) is 0 Å². The number of hydrogen-bond acceptors (Lipinski definition) is 3. The molecule has 2 aromatic rings. The minimum absolute atomic E-state index is 0.199. The third-order valence-electron chi connectivity index (χ3n) is 3.84. The van der Waals surface area contributed by atoms with E-state index in [4.69, 9.17) is 0 Å². The fourth-order valence-electron chi connectivity index (χ4n) is 2.78. The first-order valence-electron chi connectivity index (χ1n) is 6.71. The lowest BCUT2D eigenvalue weighted by atomic mass is 9.97. The van der Waals surface area contributed by atoms with Crippen molar-refractivity contribution in [1.29, 1.82) is 0 Å². The number of fused-ring (bicyclic) bond motifs is 1. The monoisotopic (exact) mass is 258 g/mol. The molecule has 1 atom stereocenters. The van der Waals surface area contributed by atoms with E-state index in [0.29, 0.717) is 0 Å². The van der Waals surface area contributed by atoms with Crippen molar-refractivity contribution in [2.75, 3.05) is 6.61 Å². The molecular weight excluding hydrogens is 240 g/mol. The van der Waals surface area contributed by atoms with Crippen LogP contribution in [0.2, 0.25) is 0 Å². The number of aromatic hydroxyl groups is 1. The van der Waals surface area contributed by atoms with E-state index in [1.807, 2.05) is 18.3 Å². The molecule has 0 bridgehead atoms. The largest absolute Gasteiger partial charge is 0.508 e. The topological polar surface area (TPSA) is 58.3 Å². The van der Waals surface area contributed by atoms with Crippen LogP contribution in [-0.2, 0) is 13.0 Å². The maximum atomic E-state index is 9.40. The number of hydrogen-bond donors (Lipinski definition) is 2. The number of phenolic OH excluding ortho intramolecular Hbond substituents is 1. The molecule has 0 amide bonds. The Morgan fingerprint density at radius 1 is 1.26 bits per heavy atom. The maximum Gasteiger partial charge on any atom is 0.115 e. The summed E-state index contributed by atoms with van der Waals surface area (Å²) >= 11 is 0. The van der Waals surface area contributed by atoms with Gasteiger partial charge in [0, 0.05) is 30.8 Å². The van der Waals surface area contributed by atoms with Gasteiger partial charge >= 0.3 is 0 Å². The summed E-state index contributed by atoms with van der Waals surface area (Å²) in [7, 11) is 0. The van der Waals surface area contributed by atoms with E-state index in [1.54, 1.807) is 12.1 Å². The van der Waals surface area contributed by atoms with E-state index in [9.17, 15) is 10.2 Å². The molecule has 0 saturated heterocycles. The molecule has 1 aliphatic rings.